The van der Waals surface area contributed by atoms with Gasteiger partial charge in [-0.15, -0.1) is 0 Å². The first-order valence-corrected chi connectivity index (χ1v) is 10.5. The molecule has 7 heteroatoms. The summed E-state index contributed by atoms with van der Waals surface area (Å²) in [6, 6.07) is 18.8. The lowest BCUT2D eigenvalue weighted by atomic mass is 10.1. The third kappa shape index (κ3) is 3.85. The molecule has 33 heavy (non-hydrogen) atoms. The quantitative estimate of drug-likeness (QED) is 0.370. The zero-order valence-electron chi connectivity index (χ0n) is 18.5. The van der Waals surface area contributed by atoms with E-state index in [1.165, 1.54) is 13.4 Å². The van der Waals surface area contributed by atoms with Crippen molar-refractivity contribution >= 4 is 27.7 Å². The predicted octanol–water partition coefficient (Wildman–Crippen LogP) is 5.30. The van der Waals surface area contributed by atoms with Gasteiger partial charge in [0.2, 0.25) is 0 Å². The summed E-state index contributed by atoms with van der Waals surface area (Å²) >= 11 is 0. The number of phenolic OH excluding ortho intramolecular Hbond substituents is 1. The summed E-state index contributed by atoms with van der Waals surface area (Å²) in [5.41, 5.74) is 7.66. The highest BCUT2D eigenvalue weighted by Gasteiger charge is 2.11. The van der Waals surface area contributed by atoms with E-state index in [9.17, 15) is 5.11 Å². The van der Waals surface area contributed by atoms with Crippen molar-refractivity contribution < 1.29 is 14.3 Å². The minimum atomic E-state index is 0.0655. The van der Waals surface area contributed by atoms with Gasteiger partial charge in [0.05, 0.1) is 18.0 Å². The number of para-hydroxylation sites is 1. The van der Waals surface area contributed by atoms with Gasteiger partial charge in [0.25, 0.3) is 0 Å². The minimum Gasteiger partial charge on any atom is -0.504 e. The van der Waals surface area contributed by atoms with Crippen LogP contribution in [0.4, 0.5) is 5.82 Å². The molecule has 0 aliphatic carbocycles. The first-order chi connectivity index (χ1) is 16.0. The molecular formula is C26H22N4O3. The smallest absolute Gasteiger partial charge is 0.161 e. The molecule has 0 unspecified atom stereocenters. The molecule has 0 fully saturated rings. The number of rotatable bonds is 4. The standard InChI is InChI=1S/C26H22N4O3/c1-15-10-19-21(29-30-26-18-6-4-5-7-20(18)27-14-28-26)13-23(33-24(19)11-16(15)2)17-8-9-22(31)25(12-17)32-3/h4-14,31H,1-3H3,(H,27,28,30)/b29-21+. The van der Waals surface area contributed by atoms with Crippen molar-refractivity contribution in [2.45, 2.75) is 13.8 Å². The highest BCUT2D eigenvalue weighted by Crippen LogP contribution is 2.32. The molecule has 0 aliphatic heterocycles. The number of nitrogens with zero attached hydrogens (tertiary/aromatic N) is 3. The van der Waals surface area contributed by atoms with Crippen molar-refractivity contribution in [3.63, 3.8) is 0 Å². The van der Waals surface area contributed by atoms with Gasteiger partial charge in [-0.2, -0.15) is 5.10 Å². The second-order valence-corrected chi connectivity index (χ2v) is 7.78. The molecule has 0 aliphatic rings. The van der Waals surface area contributed by atoms with Crippen LogP contribution in [0.25, 0.3) is 33.2 Å². The van der Waals surface area contributed by atoms with E-state index >= 15 is 0 Å². The number of anilines is 1. The van der Waals surface area contributed by atoms with E-state index in [0.717, 1.165) is 33.0 Å². The van der Waals surface area contributed by atoms with Crippen LogP contribution in [0, 0.1) is 13.8 Å². The summed E-state index contributed by atoms with van der Waals surface area (Å²) in [6.07, 6.45) is 1.51. The van der Waals surface area contributed by atoms with Gasteiger partial charge in [0.15, 0.2) is 17.3 Å². The number of fused-ring (bicyclic) bond motifs is 2. The van der Waals surface area contributed by atoms with Gasteiger partial charge in [-0.1, -0.05) is 12.1 Å². The molecular weight excluding hydrogens is 416 g/mol. The Morgan fingerprint density at radius 2 is 1.76 bits per heavy atom. The normalized spacial score (nSPS) is 11.8. The van der Waals surface area contributed by atoms with Crippen LogP contribution < -0.4 is 15.5 Å². The van der Waals surface area contributed by atoms with E-state index in [1.54, 1.807) is 18.2 Å². The van der Waals surface area contributed by atoms with Crippen LogP contribution in [0.1, 0.15) is 11.1 Å². The second-order valence-electron chi connectivity index (χ2n) is 7.78. The number of phenols is 1. The molecule has 0 spiro atoms. The van der Waals surface area contributed by atoms with E-state index in [2.05, 4.69) is 28.4 Å². The maximum Gasteiger partial charge on any atom is 0.161 e. The zero-order chi connectivity index (χ0) is 22.9. The van der Waals surface area contributed by atoms with Crippen LogP contribution >= 0.6 is 0 Å². The monoisotopic (exact) mass is 438 g/mol. The van der Waals surface area contributed by atoms with E-state index in [4.69, 9.17) is 14.3 Å². The van der Waals surface area contributed by atoms with E-state index in [0.29, 0.717) is 28.3 Å². The zero-order valence-corrected chi connectivity index (χ0v) is 18.5. The Labute approximate surface area is 190 Å². The average Bonchev–Trinajstić information content (AvgIpc) is 2.83. The fraction of sp³-hybridized carbons (Fsp3) is 0.115. The molecule has 0 amide bonds. The molecule has 0 bridgehead atoms. The number of aromatic hydroxyl groups is 1. The Bertz CT molecular complexity index is 1570. The summed E-state index contributed by atoms with van der Waals surface area (Å²) in [4.78, 5) is 8.67. The maximum atomic E-state index is 9.98. The van der Waals surface area contributed by atoms with Gasteiger partial charge in [-0.3, -0.25) is 5.43 Å². The molecule has 5 aromatic rings. The lowest BCUT2D eigenvalue weighted by molar-refractivity contribution is 0.373. The molecule has 2 N–H and O–H groups in total. The van der Waals surface area contributed by atoms with Crippen LogP contribution in [0.15, 0.2) is 76.5 Å². The molecule has 2 aromatic heterocycles. The van der Waals surface area contributed by atoms with Gasteiger partial charge in [-0.25, -0.2) is 9.97 Å². The van der Waals surface area contributed by atoms with E-state index in [1.807, 2.05) is 43.3 Å². The third-order valence-electron chi connectivity index (χ3n) is 5.65. The Balaban J connectivity index is 1.70. The lowest BCUT2D eigenvalue weighted by Crippen LogP contribution is -2.09. The molecule has 164 valence electrons. The fourth-order valence-corrected chi connectivity index (χ4v) is 3.70. The van der Waals surface area contributed by atoms with Crippen LogP contribution in [0.3, 0.4) is 0 Å². The number of aryl methyl sites for hydroxylation is 2. The SMILES string of the molecule is COc1cc(-c2c/c(=N\Nc3ncnc4ccccc34)c3cc(C)c(C)cc3o2)ccc1O. The molecule has 0 saturated heterocycles. The van der Waals surface area contributed by atoms with Gasteiger partial charge in [-0.05, 0) is 67.4 Å². The summed E-state index contributed by atoms with van der Waals surface area (Å²) < 4.78 is 11.5. The minimum absolute atomic E-state index is 0.0655. The highest BCUT2D eigenvalue weighted by atomic mass is 16.5. The van der Waals surface area contributed by atoms with Gasteiger partial charge < -0.3 is 14.3 Å². The van der Waals surface area contributed by atoms with E-state index < -0.39 is 0 Å². The Kier molecular flexibility index (Phi) is 5.14. The van der Waals surface area contributed by atoms with Crippen molar-refractivity contribution in [1.29, 1.82) is 0 Å². The maximum absolute atomic E-state index is 9.98. The number of benzene rings is 3. The van der Waals surface area contributed by atoms with Crippen molar-refractivity contribution in [3.8, 4) is 22.8 Å². The second kappa shape index (κ2) is 8.27. The Morgan fingerprint density at radius 3 is 2.61 bits per heavy atom. The summed E-state index contributed by atoms with van der Waals surface area (Å²) in [5, 5.41) is 17.1. The Morgan fingerprint density at radius 1 is 0.939 bits per heavy atom. The fourth-order valence-electron chi connectivity index (χ4n) is 3.70. The highest BCUT2D eigenvalue weighted by molar-refractivity contribution is 5.88. The molecule has 5 rings (SSSR count). The van der Waals surface area contributed by atoms with Crippen molar-refractivity contribution in [1.82, 2.24) is 9.97 Å². The molecule has 7 nitrogen and oxygen atoms in total. The molecule has 0 atom stereocenters. The first-order valence-electron chi connectivity index (χ1n) is 10.5. The number of hydrogen-bond acceptors (Lipinski definition) is 7. The topological polar surface area (TPSA) is 92.8 Å². The largest absolute Gasteiger partial charge is 0.504 e. The number of methoxy groups -OCH3 is 1. The van der Waals surface area contributed by atoms with Crippen molar-refractivity contribution in [2.24, 2.45) is 5.10 Å². The van der Waals surface area contributed by atoms with Crippen molar-refractivity contribution in [2.75, 3.05) is 12.5 Å². The molecule has 2 heterocycles. The van der Waals surface area contributed by atoms with Gasteiger partial charge in [0.1, 0.15) is 17.7 Å². The van der Waals surface area contributed by atoms with Gasteiger partial charge >= 0.3 is 0 Å². The molecule has 3 aromatic carbocycles. The van der Waals surface area contributed by atoms with Crippen LogP contribution in [-0.2, 0) is 0 Å². The van der Waals surface area contributed by atoms with E-state index in [-0.39, 0.29) is 5.75 Å². The first kappa shape index (κ1) is 20.5. The molecule has 0 radical (unpaired) electrons. The third-order valence-corrected chi connectivity index (χ3v) is 5.65. The van der Waals surface area contributed by atoms with Crippen LogP contribution in [0.2, 0.25) is 0 Å². The number of aromatic nitrogens is 2. The molecule has 0 saturated carbocycles. The summed E-state index contributed by atoms with van der Waals surface area (Å²) in [6.45, 7) is 4.10. The number of nitrogens with one attached hydrogen (secondary N) is 1. The van der Waals surface area contributed by atoms with Crippen molar-refractivity contribution in [3.05, 3.63) is 83.5 Å². The predicted molar refractivity (Wildman–Crippen MR) is 128 cm³/mol. The summed E-state index contributed by atoms with van der Waals surface area (Å²) in [7, 11) is 1.51. The average molecular weight is 438 g/mol. The van der Waals surface area contributed by atoms with Gasteiger partial charge in [0, 0.05) is 22.4 Å². The Hall–Kier alpha value is -4.39. The van der Waals surface area contributed by atoms with Crippen LogP contribution in [0.5, 0.6) is 11.5 Å². The van der Waals surface area contributed by atoms with Crippen LogP contribution in [-0.4, -0.2) is 22.2 Å². The lowest BCUT2D eigenvalue weighted by Gasteiger charge is -2.10. The summed E-state index contributed by atoms with van der Waals surface area (Å²) in [5.74, 6) is 1.64. The number of ether oxygens (including phenoxy) is 1. The number of hydrogen-bond donors (Lipinski definition) is 2.